The summed E-state index contributed by atoms with van der Waals surface area (Å²) < 4.78 is 44.9. The number of nitrogens with one attached hydrogen (secondary N) is 1. The van der Waals surface area contributed by atoms with Crippen molar-refractivity contribution in [2.75, 3.05) is 7.11 Å². The van der Waals surface area contributed by atoms with E-state index in [4.69, 9.17) is 10.5 Å². The van der Waals surface area contributed by atoms with Gasteiger partial charge in [0.1, 0.15) is 11.3 Å². The second-order valence-corrected chi connectivity index (χ2v) is 6.50. The SMILES string of the molecule is COc1ccc(-n2c(=O)[nH]c3c(C(N)=O)nc(-c4ccc(C(F)(F)F)cc4)nc32)cc1. The molecule has 0 radical (unpaired) electrons. The average Bonchev–Trinajstić information content (AvgIpc) is 3.08. The second kappa shape index (κ2) is 7.27. The number of carbonyl (C=O) groups excluding carboxylic acids is 1. The molecule has 158 valence electrons. The molecule has 0 aliphatic carbocycles. The molecule has 0 fully saturated rings. The Morgan fingerprint density at radius 3 is 2.26 bits per heavy atom. The number of aromatic amines is 1. The molecule has 0 bridgehead atoms. The van der Waals surface area contributed by atoms with E-state index in [1.807, 2.05) is 0 Å². The molecule has 8 nitrogen and oxygen atoms in total. The number of hydrogen-bond donors (Lipinski definition) is 2. The number of nitrogens with zero attached hydrogens (tertiary/aromatic N) is 3. The van der Waals surface area contributed by atoms with Crippen LogP contribution in [0.15, 0.2) is 53.3 Å². The van der Waals surface area contributed by atoms with Crippen LogP contribution in [0.2, 0.25) is 0 Å². The van der Waals surface area contributed by atoms with Gasteiger partial charge in [-0.1, -0.05) is 12.1 Å². The number of primary amides is 1. The summed E-state index contributed by atoms with van der Waals surface area (Å²) in [6.07, 6.45) is -4.50. The van der Waals surface area contributed by atoms with E-state index >= 15 is 0 Å². The fourth-order valence-corrected chi connectivity index (χ4v) is 3.07. The summed E-state index contributed by atoms with van der Waals surface area (Å²) >= 11 is 0. The normalized spacial score (nSPS) is 11.6. The molecule has 11 heteroatoms. The summed E-state index contributed by atoms with van der Waals surface area (Å²) in [5, 5.41) is 0. The largest absolute Gasteiger partial charge is 0.497 e. The van der Waals surface area contributed by atoms with E-state index in [1.165, 1.54) is 23.8 Å². The van der Waals surface area contributed by atoms with E-state index in [-0.39, 0.29) is 28.2 Å². The minimum Gasteiger partial charge on any atom is -0.497 e. The topological polar surface area (TPSA) is 116 Å². The van der Waals surface area contributed by atoms with Crippen LogP contribution in [0.25, 0.3) is 28.2 Å². The zero-order valence-corrected chi connectivity index (χ0v) is 15.9. The molecule has 2 heterocycles. The standard InChI is InChI=1S/C20H14F3N5O3/c1-31-13-8-6-12(7-9-13)28-18-15(26-19(28)30)14(16(24)29)25-17(27-18)10-2-4-11(5-3-10)20(21,22)23/h2-9H,1H3,(H2,24,29)(H,26,30). The van der Waals surface area contributed by atoms with Crippen LogP contribution in [0.1, 0.15) is 16.1 Å². The second-order valence-electron chi connectivity index (χ2n) is 6.50. The highest BCUT2D eigenvalue weighted by Gasteiger charge is 2.30. The number of imidazole rings is 1. The summed E-state index contributed by atoms with van der Waals surface area (Å²) in [6, 6.07) is 10.6. The molecular weight excluding hydrogens is 415 g/mol. The quantitative estimate of drug-likeness (QED) is 0.518. The van der Waals surface area contributed by atoms with Gasteiger partial charge in [-0.3, -0.25) is 4.79 Å². The van der Waals surface area contributed by atoms with E-state index in [2.05, 4.69) is 15.0 Å². The van der Waals surface area contributed by atoms with Crippen LogP contribution < -0.4 is 16.2 Å². The van der Waals surface area contributed by atoms with Gasteiger partial charge in [0.25, 0.3) is 5.91 Å². The van der Waals surface area contributed by atoms with Crippen molar-refractivity contribution >= 4 is 17.1 Å². The number of H-pyrrole nitrogens is 1. The van der Waals surface area contributed by atoms with Crippen LogP contribution in [0, 0.1) is 0 Å². The third-order valence-electron chi connectivity index (χ3n) is 4.57. The Labute approximate surface area is 172 Å². The maximum absolute atomic E-state index is 12.9. The number of nitrogens with two attached hydrogens (primary N) is 1. The van der Waals surface area contributed by atoms with Crippen molar-refractivity contribution in [3.8, 4) is 22.8 Å². The number of amides is 1. The maximum atomic E-state index is 12.9. The van der Waals surface area contributed by atoms with E-state index in [1.54, 1.807) is 24.3 Å². The molecule has 31 heavy (non-hydrogen) atoms. The molecule has 0 unspecified atom stereocenters. The lowest BCUT2D eigenvalue weighted by atomic mass is 10.1. The number of halogens is 3. The first-order valence-corrected chi connectivity index (χ1v) is 8.83. The van der Waals surface area contributed by atoms with Crippen LogP contribution in [0.5, 0.6) is 5.75 Å². The zero-order chi connectivity index (χ0) is 22.3. The molecule has 2 aromatic heterocycles. The molecule has 0 aliphatic rings. The highest BCUT2D eigenvalue weighted by Crippen LogP contribution is 2.31. The summed E-state index contributed by atoms with van der Waals surface area (Å²) in [4.78, 5) is 35.5. The Kier molecular flexibility index (Phi) is 4.72. The van der Waals surface area contributed by atoms with Crippen LogP contribution in [-0.4, -0.2) is 32.5 Å². The van der Waals surface area contributed by atoms with Gasteiger partial charge in [0.05, 0.1) is 18.4 Å². The van der Waals surface area contributed by atoms with E-state index in [9.17, 15) is 22.8 Å². The van der Waals surface area contributed by atoms with Crippen molar-refractivity contribution in [1.82, 2.24) is 19.5 Å². The number of fused-ring (bicyclic) bond motifs is 1. The number of ether oxygens (including phenoxy) is 1. The smallest absolute Gasteiger partial charge is 0.416 e. The molecule has 0 atom stereocenters. The van der Waals surface area contributed by atoms with Crippen molar-refractivity contribution in [3.05, 3.63) is 70.3 Å². The first-order chi connectivity index (χ1) is 14.7. The fraction of sp³-hybridized carbons (Fsp3) is 0.100. The summed E-state index contributed by atoms with van der Waals surface area (Å²) in [6.45, 7) is 0. The Hall–Kier alpha value is -4.15. The number of methoxy groups -OCH3 is 1. The first-order valence-electron chi connectivity index (χ1n) is 8.83. The minimum absolute atomic E-state index is 0.0176. The number of aromatic nitrogens is 4. The Balaban J connectivity index is 1.94. The summed E-state index contributed by atoms with van der Waals surface area (Å²) in [7, 11) is 1.50. The molecule has 2 aromatic carbocycles. The number of alkyl halides is 3. The number of carbonyl (C=O) groups is 1. The van der Waals surface area contributed by atoms with Gasteiger partial charge in [-0.05, 0) is 36.4 Å². The summed E-state index contributed by atoms with van der Waals surface area (Å²) in [5.41, 5.74) is 4.42. The number of hydrogen-bond acceptors (Lipinski definition) is 5. The van der Waals surface area contributed by atoms with E-state index < -0.39 is 23.3 Å². The lowest BCUT2D eigenvalue weighted by Gasteiger charge is -2.09. The van der Waals surface area contributed by atoms with Crippen molar-refractivity contribution in [3.63, 3.8) is 0 Å². The Bertz CT molecular complexity index is 1340. The molecule has 1 amide bonds. The van der Waals surface area contributed by atoms with Crippen LogP contribution in [0.3, 0.4) is 0 Å². The van der Waals surface area contributed by atoms with Crippen LogP contribution in [0.4, 0.5) is 13.2 Å². The predicted octanol–water partition coefficient (Wildman–Crippen LogP) is 2.90. The van der Waals surface area contributed by atoms with Gasteiger partial charge in [0.2, 0.25) is 0 Å². The van der Waals surface area contributed by atoms with Gasteiger partial charge >= 0.3 is 11.9 Å². The highest BCUT2D eigenvalue weighted by atomic mass is 19.4. The molecule has 0 aliphatic heterocycles. The first kappa shape index (κ1) is 20.1. The Morgan fingerprint density at radius 2 is 1.71 bits per heavy atom. The van der Waals surface area contributed by atoms with Gasteiger partial charge in [0, 0.05) is 5.56 Å². The zero-order valence-electron chi connectivity index (χ0n) is 15.9. The van der Waals surface area contributed by atoms with E-state index in [0.717, 1.165) is 12.1 Å². The van der Waals surface area contributed by atoms with Gasteiger partial charge in [-0.15, -0.1) is 0 Å². The van der Waals surface area contributed by atoms with Crippen molar-refractivity contribution in [1.29, 1.82) is 0 Å². The van der Waals surface area contributed by atoms with Crippen molar-refractivity contribution in [2.45, 2.75) is 6.18 Å². The van der Waals surface area contributed by atoms with Crippen LogP contribution >= 0.6 is 0 Å². The molecule has 0 saturated carbocycles. The number of rotatable bonds is 4. The Morgan fingerprint density at radius 1 is 1.06 bits per heavy atom. The molecule has 0 saturated heterocycles. The monoisotopic (exact) mass is 429 g/mol. The summed E-state index contributed by atoms with van der Waals surface area (Å²) in [5.74, 6) is -0.422. The molecular formula is C20H14F3N5O3. The third-order valence-corrected chi connectivity index (χ3v) is 4.57. The minimum atomic E-state index is -4.50. The average molecular weight is 429 g/mol. The molecule has 0 spiro atoms. The van der Waals surface area contributed by atoms with Gasteiger partial charge in [-0.25, -0.2) is 19.3 Å². The number of benzene rings is 2. The lowest BCUT2D eigenvalue weighted by Crippen LogP contribution is -2.15. The molecule has 3 N–H and O–H groups in total. The lowest BCUT2D eigenvalue weighted by molar-refractivity contribution is -0.137. The van der Waals surface area contributed by atoms with Gasteiger partial charge < -0.3 is 15.5 Å². The molecule has 4 rings (SSSR count). The van der Waals surface area contributed by atoms with Crippen molar-refractivity contribution < 1.29 is 22.7 Å². The third kappa shape index (κ3) is 3.61. The van der Waals surface area contributed by atoms with Crippen molar-refractivity contribution in [2.24, 2.45) is 5.73 Å². The van der Waals surface area contributed by atoms with Crippen LogP contribution in [-0.2, 0) is 6.18 Å². The highest BCUT2D eigenvalue weighted by molar-refractivity contribution is 6.02. The molecule has 4 aromatic rings. The van der Waals surface area contributed by atoms with Gasteiger partial charge in [-0.2, -0.15) is 13.2 Å². The predicted molar refractivity (Wildman–Crippen MR) is 105 cm³/mol. The van der Waals surface area contributed by atoms with E-state index in [0.29, 0.717) is 11.4 Å². The fourth-order valence-electron chi connectivity index (χ4n) is 3.07. The van der Waals surface area contributed by atoms with Gasteiger partial charge in [0.15, 0.2) is 17.2 Å². The maximum Gasteiger partial charge on any atom is 0.416 e.